The molecule has 1 amide bonds. The van der Waals surface area contributed by atoms with Gasteiger partial charge in [-0.3, -0.25) is 9.69 Å². The molecule has 3 fully saturated rings. The van der Waals surface area contributed by atoms with E-state index in [0.29, 0.717) is 0 Å². The lowest BCUT2D eigenvalue weighted by atomic mass is 9.73. The molecule has 0 spiro atoms. The van der Waals surface area contributed by atoms with Crippen LogP contribution < -0.4 is 11.1 Å². The zero-order chi connectivity index (χ0) is 16.9. The van der Waals surface area contributed by atoms with E-state index in [1.54, 1.807) is 0 Å². The number of carbonyl (C=O) groups excluding carboxylic acids is 1. The van der Waals surface area contributed by atoms with Gasteiger partial charge in [0.25, 0.3) is 0 Å². The van der Waals surface area contributed by atoms with Crippen molar-refractivity contribution in [3.05, 3.63) is 0 Å². The summed E-state index contributed by atoms with van der Waals surface area (Å²) < 4.78 is 5.48. The fourth-order valence-corrected chi connectivity index (χ4v) is 4.78. The summed E-state index contributed by atoms with van der Waals surface area (Å²) in [5.41, 5.74) is 6.02. The minimum absolute atomic E-state index is 0.0918. The highest BCUT2D eigenvalue weighted by atomic mass is 16.5. The number of ether oxygens (including phenoxy) is 1. The summed E-state index contributed by atoms with van der Waals surface area (Å²) in [6.45, 7) is 5.62. The van der Waals surface area contributed by atoms with Crippen molar-refractivity contribution in [3.8, 4) is 0 Å². The lowest BCUT2D eigenvalue weighted by Gasteiger charge is -2.43. The lowest BCUT2D eigenvalue weighted by molar-refractivity contribution is -0.128. The van der Waals surface area contributed by atoms with E-state index in [0.717, 1.165) is 65.1 Å². The van der Waals surface area contributed by atoms with Gasteiger partial charge in [-0.05, 0) is 25.7 Å². The molecular weight excluding hydrogens is 302 g/mol. The monoisotopic (exact) mass is 337 g/mol. The number of nitrogens with two attached hydrogens (primary N) is 1. The van der Waals surface area contributed by atoms with Gasteiger partial charge in [0.15, 0.2) is 0 Å². The molecule has 0 aromatic carbocycles. The number of rotatable bonds is 5. The highest BCUT2D eigenvalue weighted by Gasteiger charge is 2.39. The quantitative estimate of drug-likeness (QED) is 0.806. The van der Waals surface area contributed by atoms with Crippen LogP contribution in [0.25, 0.3) is 0 Å². The molecule has 2 saturated carbocycles. The minimum atomic E-state index is -0.618. The summed E-state index contributed by atoms with van der Waals surface area (Å²) in [6, 6.07) is 0. The average Bonchev–Trinajstić information content (AvgIpc) is 2.62. The molecule has 138 valence electrons. The number of nitrogens with zero attached hydrogens (tertiary/aromatic N) is 1. The molecule has 3 aliphatic rings. The maximum Gasteiger partial charge on any atom is 0.240 e. The molecule has 5 heteroatoms. The van der Waals surface area contributed by atoms with Gasteiger partial charge in [0.1, 0.15) is 0 Å². The van der Waals surface area contributed by atoms with Gasteiger partial charge in [0.2, 0.25) is 5.91 Å². The maximum absolute atomic E-state index is 12.7. The van der Waals surface area contributed by atoms with Crippen LogP contribution in [0.1, 0.15) is 64.2 Å². The Kier molecular flexibility index (Phi) is 6.17. The molecule has 1 aliphatic heterocycles. The lowest BCUT2D eigenvalue weighted by Crippen LogP contribution is -2.57. The van der Waals surface area contributed by atoms with Crippen molar-refractivity contribution in [2.75, 3.05) is 39.4 Å². The number of nitrogens with one attached hydrogen (secondary N) is 1. The number of hydrogen-bond donors (Lipinski definition) is 2. The van der Waals surface area contributed by atoms with Crippen molar-refractivity contribution >= 4 is 5.91 Å². The highest BCUT2D eigenvalue weighted by molar-refractivity contribution is 5.86. The van der Waals surface area contributed by atoms with Crippen LogP contribution in [0.2, 0.25) is 0 Å². The van der Waals surface area contributed by atoms with Crippen molar-refractivity contribution in [2.24, 2.45) is 11.1 Å². The topological polar surface area (TPSA) is 67.6 Å². The summed E-state index contributed by atoms with van der Waals surface area (Å²) >= 11 is 0. The summed E-state index contributed by atoms with van der Waals surface area (Å²) in [5, 5.41) is 3.27. The van der Waals surface area contributed by atoms with Crippen molar-refractivity contribution in [2.45, 2.75) is 69.7 Å². The summed E-state index contributed by atoms with van der Waals surface area (Å²) in [6.07, 6.45) is 11.4. The van der Waals surface area contributed by atoms with Gasteiger partial charge < -0.3 is 15.8 Å². The standard InChI is InChI=1S/C19H35N3O2/c20-19(9-5-2-6-10-19)17(23)21-15-18(7-3-1-4-8-18)16-22-11-13-24-14-12-22/h1-16,20H2,(H,21,23). The molecule has 0 atom stereocenters. The van der Waals surface area contributed by atoms with Crippen LogP contribution in [0, 0.1) is 5.41 Å². The smallest absolute Gasteiger partial charge is 0.240 e. The predicted molar refractivity (Wildman–Crippen MR) is 95.8 cm³/mol. The van der Waals surface area contributed by atoms with E-state index in [1.807, 2.05) is 0 Å². The van der Waals surface area contributed by atoms with Gasteiger partial charge >= 0.3 is 0 Å². The molecule has 2 aliphatic carbocycles. The average molecular weight is 338 g/mol. The van der Waals surface area contributed by atoms with Gasteiger partial charge in [-0.25, -0.2) is 0 Å². The van der Waals surface area contributed by atoms with Crippen LogP contribution >= 0.6 is 0 Å². The first kappa shape index (κ1) is 18.2. The van der Waals surface area contributed by atoms with E-state index in [1.165, 1.54) is 38.5 Å². The molecular formula is C19H35N3O2. The van der Waals surface area contributed by atoms with Crippen molar-refractivity contribution in [1.82, 2.24) is 10.2 Å². The van der Waals surface area contributed by atoms with Crippen LogP contribution in [-0.2, 0) is 9.53 Å². The van der Waals surface area contributed by atoms with E-state index < -0.39 is 5.54 Å². The molecule has 3 rings (SSSR count). The van der Waals surface area contributed by atoms with Gasteiger partial charge in [0, 0.05) is 31.6 Å². The second-order valence-electron chi connectivity index (χ2n) is 8.35. The Balaban J connectivity index is 1.58. The van der Waals surface area contributed by atoms with E-state index in [-0.39, 0.29) is 11.3 Å². The first-order valence-electron chi connectivity index (χ1n) is 9.99. The Morgan fingerprint density at radius 1 is 0.958 bits per heavy atom. The second-order valence-corrected chi connectivity index (χ2v) is 8.35. The van der Waals surface area contributed by atoms with Crippen LogP contribution in [0.5, 0.6) is 0 Å². The van der Waals surface area contributed by atoms with Crippen LogP contribution in [-0.4, -0.2) is 55.7 Å². The molecule has 5 nitrogen and oxygen atoms in total. The molecule has 24 heavy (non-hydrogen) atoms. The summed E-state index contributed by atoms with van der Waals surface area (Å²) in [7, 11) is 0. The highest BCUT2D eigenvalue weighted by Crippen LogP contribution is 2.37. The third kappa shape index (κ3) is 4.50. The molecule has 0 radical (unpaired) electrons. The summed E-state index contributed by atoms with van der Waals surface area (Å²) in [5.74, 6) is 0.0918. The first-order valence-corrected chi connectivity index (χ1v) is 9.99. The van der Waals surface area contributed by atoms with Crippen molar-refractivity contribution < 1.29 is 9.53 Å². The minimum Gasteiger partial charge on any atom is -0.379 e. The fraction of sp³-hybridized carbons (Fsp3) is 0.947. The largest absolute Gasteiger partial charge is 0.379 e. The first-order chi connectivity index (χ1) is 11.6. The number of hydrogen-bond acceptors (Lipinski definition) is 4. The Morgan fingerprint density at radius 3 is 2.17 bits per heavy atom. The zero-order valence-electron chi connectivity index (χ0n) is 15.2. The Bertz CT molecular complexity index is 409. The van der Waals surface area contributed by atoms with Gasteiger partial charge in [-0.15, -0.1) is 0 Å². The number of morpholine rings is 1. The predicted octanol–water partition coefficient (Wildman–Crippen LogP) is 2.05. The van der Waals surface area contributed by atoms with E-state index in [9.17, 15) is 4.79 Å². The van der Waals surface area contributed by atoms with Gasteiger partial charge in [-0.2, -0.15) is 0 Å². The van der Waals surface area contributed by atoms with Crippen molar-refractivity contribution in [1.29, 1.82) is 0 Å². The van der Waals surface area contributed by atoms with E-state index in [2.05, 4.69) is 10.2 Å². The van der Waals surface area contributed by atoms with Gasteiger partial charge in [-0.1, -0.05) is 38.5 Å². The molecule has 1 saturated heterocycles. The van der Waals surface area contributed by atoms with E-state index >= 15 is 0 Å². The Hall–Kier alpha value is -0.650. The normalized spacial score (nSPS) is 27.5. The number of amides is 1. The third-order valence-electron chi connectivity index (χ3n) is 6.40. The SMILES string of the molecule is NC1(C(=O)NCC2(CN3CCOCC3)CCCCC2)CCCCC1. The van der Waals surface area contributed by atoms with Crippen molar-refractivity contribution in [3.63, 3.8) is 0 Å². The zero-order valence-corrected chi connectivity index (χ0v) is 15.2. The van der Waals surface area contributed by atoms with Crippen LogP contribution in [0.4, 0.5) is 0 Å². The fourth-order valence-electron chi connectivity index (χ4n) is 4.78. The van der Waals surface area contributed by atoms with Crippen LogP contribution in [0.15, 0.2) is 0 Å². The third-order valence-corrected chi connectivity index (χ3v) is 6.40. The second kappa shape index (κ2) is 8.15. The maximum atomic E-state index is 12.7. The van der Waals surface area contributed by atoms with E-state index in [4.69, 9.17) is 10.5 Å². The van der Waals surface area contributed by atoms with Crippen LogP contribution in [0.3, 0.4) is 0 Å². The molecule has 0 unspecified atom stereocenters. The molecule has 1 heterocycles. The molecule has 0 aromatic rings. The molecule has 0 bridgehead atoms. The molecule has 3 N–H and O–H groups in total. The van der Waals surface area contributed by atoms with Gasteiger partial charge in [0.05, 0.1) is 18.8 Å². The summed E-state index contributed by atoms with van der Waals surface area (Å²) in [4.78, 5) is 15.3. The molecule has 0 aromatic heterocycles. The Labute approximate surface area is 146 Å². The number of carbonyl (C=O) groups is 1. The Morgan fingerprint density at radius 2 is 1.54 bits per heavy atom.